The number of carbonyl (C=O) groups excluding carboxylic acids is 1. The molecule has 8 heteroatoms. The van der Waals surface area contributed by atoms with Crippen LogP contribution in [0.1, 0.15) is 17.1 Å². The van der Waals surface area contributed by atoms with Gasteiger partial charge in [0.1, 0.15) is 23.8 Å². The lowest BCUT2D eigenvalue weighted by Crippen LogP contribution is -2.14. The molecule has 0 saturated carbocycles. The highest BCUT2D eigenvalue weighted by Gasteiger charge is 2.12. The van der Waals surface area contributed by atoms with Crippen molar-refractivity contribution in [3.63, 3.8) is 0 Å². The largest absolute Gasteiger partial charge is 0.487 e. The summed E-state index contributed by atoms with van der Waals surface area (Å²) in [5.74, 6) is 2.06. The van der Waals surface area contributed by atoms with Crippen molar-refractivity contribution in [2.45, 2.75) is 20.0 Å². The van der Waals surface area contributed by atoms with Crippen LogP contribution in [0.4, 0.5) is 5.69 Å². The van der Waals surface area contributed by atoms with Crippen molar-refractivity contribution in [1.82, 2.24) is 14.4 Å². The molecule has 1 N–H and O–H groups in total. The predicted octanol–water partition coefficient (Wildman–Crippen LogP) is 5.12. The number of fused-ring (bicyclic) bond motifs is 1. The molecule has 0 aliphatic rings. The molecule has 0 saturated heterocycles. The van der Waals surface area contributed by atoms with Gasteiger partial charge >= 0.3 is 0 Å². The number of imidazole rings is 1. The Balaban J connectivity index is 1.19. The maximum Gasteiger partial charge on any atom is 0.230 e. The molecule has 0 aliphatic carbocycles. The first-order chi connectivity index (χ1) is 15.6. The maximum atomic E-state index is 12.5. The minimum absolute atomic E-state index is 0.144. The van der Waals surface area contributed by atoms with Crippen LogP contribution >= 0.6 is 11.3 Å². The number of amides is 1. The zero-order valence-electron chi connectivity index (χ0n) is 17.3. The molecule has 160 valence electrons. The van der Waals surface area contributed by atoms with E-state index in [1.807, 2.05) is 77.6 Å². The second kappa shape index (κ2) is 8.68. The van der Waals surface area contributed by atoms with Gasteiger partial charge in [0.25, 0.3) is 0 Å². The minimum atomic E-state index is -0.144. The number of anilines is 1. The van der Waals surface area contributed by atoms with Gasteiger partial charge in [-0.05, 0) is 43.3 Å². The molecule has 5 aromatic rings. The van der Waals surface area contributed by atoms with Crippen LogP contribution in [0.5, 0.6) is 5.75 Å². The summed E-state index contributed by atoms with van der Waals surface area (Å²) in [4.78, 5) is 21.5. The normalized spacial score (nSPS) is 11.0. The number of ether oxygens (including phenoxy) is 1. The number of nitrogens with one attached hydrogen (secondary N) is 1. The Labute approximate surface area is 188 Å². The molecule has 5 rings (SSSR count). The van der Waals surface area contributed by atoms with Crippen LogP contribution in [0.3, 0.4) is 0 Å². The van der Waals surface area contributed by atoms with Crippen molar-refractivity contribution in [3.05, 3.63) is 89.5 Å². The Bertz CT molecular complexity index is 1350. The fourth-order valence-electron chi connectivity index (χ4n) is 3.30. The number of benzene rings is 1. The van der Waals surface area contributed by atoms with Gasteiger partial charge in [-0.25, -0.2) is 9.97 Å². The zero-order valence-corrected chi connectivity index (χ0v) is 18.1. The van der Waals surface area contributed by atoms with Crippen LogP contribution in [0.15, 0.2) is 76.8 Å². The monoisotopic (exact) mass is 444 g/mol. The van der Waals surface area contributed by atoms with E-state index in [-0.39, 0.29) is 12.3 Å². The Morgan fingerprint density at radius 3 is 2.91 bits per heavy atom. The lowest BCUT2D eigenvalue weighted by atomic mass is 10.2. The lowest BCUT2D eigenvalue weighted by Gasteiger charge is -2.08. The van der Waals surface area contributed by atoms with Crippen LogP contribution < -0.4 is 10.1 Å². The molecule has 32 heavy (non-hydrogen) atoms. The van der Waals surface area contributed by atoms with Gasteiger partial charge in [-0.15, -0.1) is 11.3 Å². The summed E-state index contributed by atoms with van der Waals surface area (Å²) in [6.45, 7) is 2.23. The second-order valence-corrected chi connectivity index (χ2v) is 8.15. The molecule has 1 amide bonds. The number of hydrogen-bond acceptors (Lipinski definition) is 6. The average molecular weight is 445 g/mol. The van der Waals surface area contributed by atoms with E-state index in [2.05, 4.69) is 15.3 Å². The summed E-state index contributed by atoms with van der Waals surface area (Å²) in [6, 6.07) is 16.9. The Morgan fingerprint density at radius 2 is 2.06 bits per heavy atom. The average Bonchev–Trinajstić information content (AvgIpc) is 3.51. The van der Waals surface area contributed by atoms with E-state index < -0.39 is 0 Å². The van der Waals surface area contributed by atoms with Gasteiger partial charge in [0, 0.05) is 29.5 Å². The van der Waals surface area contributed by atoms with Crippen molar-refractivity contribution in [1.29, 1.82) is 0 Å². The molecule has 0 bridgehead atoms. The maximum absolute atomic E-state index is 12.5. The molecule has 0 unspecified atom stereocenters. The van der Waals surface area contributed by atoms with E-state index in [0.29, 0.717) is 23.7 Å². The Hall–Kier alpha value is -3.91. The van der Waals surface area contributed by atoms with Gasteiger partial charge in [0.2, 0.25) is 5.91 Å². The lowest BCUT2D eigenvalue weighted by molar-refractivity contribution is -0.115. The molecule has 4 heterocycles. The van der Waals surface area contributed by atoms with Gasteiger partial charge in [0.05, 0.1) is 17.8 Å². The van der Waals surface area contributed by atoms with Gasteiger partial charge in [-0.2, -0.15) is 0 Å². The topological polar surface area (TPSA) is 81.7 Å². The smallest absolute Gasteiger partial charge is 0.230 e. The fraction of sp³-hybridized carbons (Fsp3) is 0.125. The van der Waals surface area contributed by atoms with Gasteiger partial charge < -0.3 is 18.9 Å². The van der Waals surface area contributed by atoms with Gasteiger partial charge in [-0.3, -0.25) is 4.79 Å². The number of hydrogen-bond donors (Lipinski definition) is 1. The summed E-state index contributed by atoms with van der Waals surface area (Å²) in [6.07, 6.45) is 4.07. The van der Waals surface area contributed by atoms with Crippen molar-refractivity contribution in [3.8, 4) is 16.5 Å². The van der Waals surface area contributed by atoms with Crippen LogP contribution in [-0.4, -0.2) is 20.3 Å². The first kappa shape index (κ1) is 20.0. The quantitative estimate of drug-likeness (QED) is 0.377. The number of aromatic nitrogens is 3. The number of rotatable bonds is 7. The summed E-state index contributed by atoms with van der Waals surface area (Å²) in [5, 5.41) is 5.55. The van der Waals surface area contributed by atoms with Crippen LogP contribution in [0, 0.1) is 6.92 Å². The minimum Gasteiger partial charge on any atom is -0.487 e. The van der Waals surface area contributed by atoms with Crippen LogP contribution in [0.25, 0.3) is 16.4 Å². The van der Waals surface area contributed by atoms with Gasteiger partial charge in [0.15, 0.2) is 10.8 Å². The Kier molecular flexibility index (Phi) is 5.43. The molecular formula is C24H20N4O3S. The summed E-state index contributed by atoms with van der Waals surface area (Å²) in [7, 11) is 0. The van der Waals surface area contributed by atoms with Crippen molar-refractivity contribution in [2.75, 3.05) is 5.32 Å². The van der Waals surface area contributed by atoms with E-state index in [9.17, 15) is 4.79 Å². The van der Waals surface area contributed by atoms with Crippen LogP contribution in [0.2, 0.25) is 0 Å². The molecule has 0 fully saturated rings. The van der Waals surface area contributed by atoms with Gasteiger partial charge in [-0.1, -0.05) is 12.1 Å². The molecule has 0 atom stereocenters. The number of carbonyl (C=O) groups is 1. The number of nitrogens with zero attached hydrogens (tertiary/aromatic N) is 3. The molecule has 0 radical (unpaired) electrons. The number of pyridine rings is 1. The number of aryl methyl sites for hydroxylation is 1. The molecular weight excluding hydrogens is 424 g/mol. The first-order valence-electron chi connectivity index (χ1n) is 10.1. The highest BCUT2D eigenvalue weighted by atomic mass is 32.1. The van der Waals surface area contributed by atoms with E-state index >= 15 is 0 Å². The van der Waals surface area contributed by atoms with Crippen molar-refractivity contribution < 1.29 is 13.9 Å². The molecule has 0 spiro atoms. The van der Waals surface area contributed by atoms with E-state index in [0.717, 1.165) is 27.9 Å². The van der Waals surface area contributed by atoms with Crippen molar-refractivity contribution >= 4 is 28.6 Å². The third kappa shape index (κ3) is 4.55. The number of furan rings is 1. The predicted molar refractivity (Wildman–Crippen MR) is 123 cm³/mol. The van der Waals surface area contributed by atoms with E-state index in [1.165, 1.54) is 11.3 Å². The standard InChI is InChI=1S/C24H20N4O3S/c1-16-8-9-21(31-16)24-27-18(15-32-24)12-23(29)26-17-5-4-6-20(11-17)30-14-19-13-28-10-3-2-7-22(28)25-19/h2-11,13,15H,12,14H2,1H3,(H,26,29). The molecule has 0 aliphatic heterocycles. The van der Waals surface area contributed by atoms with E-state index in [1.54, 1.807) is 6.07 Å². The molecule has 4 aromatic heterocycles. The first-order valence-corrected chi connectivity index (χ1v) is 11.0. The van der Waals surface area contributed by atoms with Crippen LogP contribution in [-0.2, 0) is 17.8 Å². The van der Waals surface area contributed by atoms with E-state index in [4.69, 9.17) is 9.15 Å². The fourth-order valence-corrected chi connectivity index (χ4v) is 4.08. The molecule has 1 aromatic carbocycles. The highest BCUT2D eigenvalue weighted by molar-refractivity contribution is 7.13. The SMILES string of the molecule is Cc1ccc(-c2nc(CC(=O)Nc3cccc(OCc4cn5ccccc5n4)c3)cs2)o1. The summed E-state index contributed by atoms with van der Waals surface area (Å²) < 4.78 is 13.4. The summed E-state index contributed by atoms with van der Waals surface area (Å²) >= 11 is 1.46. The van der Waals surface area contributed by atoms with Crippen molar-refractivity contribution in [2.24, 2.45) is 0 Å². The number of thiazole rings is 1. The third-order valence-electron chi connectivity index (χ3n) is 4.76. The Morgan fingerprint density at radius 1 is 1.12 bits per heavy atom. The molecule has 7 nitrogen and oxygen atoms in total. The zero-order chi connectivity index (χ0) is 21.9. The second-order valence-electron chi connectivity index (χ2n) is 7.29. The summed E-state index contributed by atoms with van der Waals surface area (Å²) in [5.41, 5.74) is 3.08. The third-order valence-corrected chi connectivity index (χ3v) is 5.67. The highest BCUT2D eigenvalue weighted by Crippen LogP contribution is 2.26.